The summed E-state index contributed by atoms with van der Waals surface area (Å²) in [7, 11) is 2.17. The van der Waals surface area contributed by atoms with Crippen molar-refractivity contribution in [1.82, 2.24) is 0 Å². The van der Waals surface area contributed by atoms with Crippen LogP contribution in [-0.4, -0.2) is 24.7 Å². The van der Waals surface area contributed by atoms with Crippen molar-refractivity contribution in [2.45, 2.75) is 0 Å². The van der Waals surface area contributed by atoms with E-state index in [9.17, 15) is 0 Å². The summed E-state index contributed by atoms with van der Waals surface area (Å²) in [6.45, 7) is 0. The highest BCUT2D eigenvalue weighted by Gasteiger charge is 1.94. The molecular formula is C13H17BNO2. The largest absolute Gasteiger partial charge is 0.412 e. The van der Waals surface area contributed by atoms with Gasteiger partial charge in [0, 0.05) is 5.69 Å². The summed E-state index contributed by atoms with van der Waals surface area (Å²) >= 11 is 0. The molecule has 2 aromatic carbocycles. The number of rotatable bonds is 4. The Bertz CT molecular complexity index is 355. The first-order valence-corrected chi connectivity index (χ1v) is 5.12. The third-order valence-corrected chi connectivity index (χ3v) is 2.22. The van der Waals surface area contributed by atoms with Crippen molar-refractivity contribution >= 4 is 18.4 Å². The van der Waals surface area contributed by atoms with Gasteiger partial charge in [-0.1, -0.05) is 54.0 Å². The van der Waals surface area contributed by atoms with Crippen LogP contribution < -0.4 is 10.8 Å². The predicted molar refractivity (Wildman–Crippen MR) is 74.0 cm³/mol. The van der Waals surface area contributed by atoms with Crippen molar-refractivity contribution in [1.29, 1.82) is 0 Å². The second-order valence-electron chi connectivity index (χ2n) is 3.36. The summed E-state index contributed by atoms with van der Waals surface area (Å²) in [6.07, 6.45) is 0.855. The fraction of sp³-hybridized carbons (Fsp3) is 0.0769. The zero-order chi connectivity index (χ0) is 10.3. The molecule has 3 nitrogen and oxygen atoms in total. The van der Waals surface area contributed by atoms with Crippen LogP contribution in [0.4, 0.5) is 5.69 Å². The van der Waals surface area contributed by atoms with E-state index < -0.39 is 0 Å². The number of hydrogen-bond donors (Lipinski definition) is 1. The van der Waals surface area contributed by atoms with E-state index in [1.165, 1.54) is 5.46 Å². The van der Waals surface area contributed by atoms with Gasteiger partial charge in [0.1, 0.15) is 0 Å². The molecule has 0 aliphatic heterocycles. The van der Waals surface area contributed by atoms with Crippen LogP contribution in [0.1, 0.15) is 0 Å². The Kier molecular flexibility index (Phi) is 7.51. The molecule has 2 aromatic rings. The first-order chi connectivity index (χ1) is 7.45. The number of hydrogen-bond acceptors (Lipinski definition) is 1. The Balaban J connectivity index is 0.00000128. The molecule has 0 atom stereocenters. The van der Waals surface area contributed by atoms with E-state index in [0.29, 0.717) is 0 Å². The standard InChI is InChI=1S/C13H13BN.2H2O/c1-3-7-12(8-4-1)14-11-15-13-9-5-2-6-10-13;;/h1-10,15H,11H2;2*1H2. The Morgan fingerprint density at radius 2 is 1.29 bits per heavy atom. The lowest BCUT2D eigenvalue weighted by Crippen LogP contribution is -2.22. The molecule has 0 saturated carbocycles. The van der Waals surface area contributed by atoms with E-state index in [2.05, 4.69) is 36.9 Å². The summed E-state index contributed by atoms with van der Waals surface area (Å²) < 4.78 is 0. The molecule has 2 rings (SSSR count). The lowest BCUT2D eigenvalue weighted by atomic mass is 9.70. The minimum absolute atomic E-state index is 0. The summed E-state index contributed by atoms with van der Waals surface area (Å²) in [5, 5.41) is 3.34. The molecule has 89 valence electrons. The zero-order valence-electron chi connectivity index (χ0n) is 9.56. The SMILES string of the molecule is O.O.[B](CNc1ccccc1)c1ccccc1. The molecule has 0 unspecified atom stereocenters. The maximum atomic E-state index is 3.34. The van der Waals surface area contributed by atoms with Crippen LogP contribution in [-0.2, 0) is 0 Å². The quantitative estimate of drug-likeness (QED) is 0.760. The van der Waals surface area contributed by atoms with Crippen LogP contribution in [0, 0.1) is 0 Å². The van der Waals surface area contributed by atoms with Gasteiger partial charge in [0.05, 0.1) is 0 Å². The van der Waals surface area contributed by atoms with Gasteiger partial charge in [0.15, 0.2) is 7.28 Å². The van der Waals surface area contributed by atoms with E-state index in [1.807, 2.05) is 36.4 Å². The molecule has 0 aromatic heterocycles. The second kappa shape index (κ2) is 8.39. The lowest BCUT2D eigenvalue weighted by Gasteiger charge is -2.04. The summed E-state index contributed by atoms with van der Waals surface area (Å²) in [5.74, 6) is 0. The van der Waals surface area contributed by atoms with Gasteiger partial charge >= 0.3 is 0 Å². The van der Waals surface area contributed by atoms with Gasteiger partial charge in [-0.25, -0.2) is 0 Å². The molecular weight excluding hydrogens is 213 g/mol. The first-order valence-electron chi connectivity index (χ1n) is 5.12. The Morgan fingerprint density at radius 1 is 0.765 bits per heavy atom. The van der Waals surface area contributed by atoms with Gasteiger partial charge in [0.25, 0.3) is 0 Å². The van der Waals surface area contributed by atoms with Crippen LogP contribution in [0.2, 0.25) is 0 Å². The minimum atomic E-state index is 0. The van der Waals surface area contributed by atoms with Crippen molar-refractivity contribution in [2.24, 2.45) is 0 Å². The number of anilines is 1. The van der Waals surface area contributed by atoms with E-state index in [4.69, 9.17) is 0 Å². The highest BCUT2D eigenvalue weighted by atomic mass is 16.0. The summed E-state index contributed by atoms with van der Waals surface area (Å²) in [5.41, 5.74) is 2.41. The van der Waals surface area contributed by atoms with Crippen molar-refractivity contribution in [3.05, 3.63) is 60.7 Å². The summed E-state index contributed by atoms with van der Waals surface area (Å²) in [6, 6.07) is 20.6. The van der Waals surface area contributed by atoms with Gasteiger partial charge in [0.2, 0.25) is 0 Å². The summed E-state index contributed by atoms with van der Waals surface area (Å²) in [4.78, 5) is 0. The maximum absolute atomic E-state index is 3.34. The number of para-hydroxylation sites is 1. The topological polar surface area (TPSA) is 75.0 Å². The third kappa shape index (κ3) is 5.20. The second-order valence-corrected chi connectivity index (χ2v) is 3.36. The van der Waals surface area contributed by atoms with Gasteiger partial charge in [-0.15, -0.1) is 0 Å². The molecule has 17 heavy (non-hydrogen) atoms. The van der Waals surface area contributed by atoms with Gasteiger partial charge in [-0.05, 0) is 18.6 Å². The average molecular weight is 230 g/mol. The normalized spacial score (nSPS) is 8.47. The molecule has 0 spiro atoms. The molecule has 0 fully saturated rings. The minimum Gasteiger partial charge on any atom is -0.412 e. The predicted octanol–water partition coefficient (Wildman–Crippen LogP) is 0.436. The third-order valence-electron chi connectivity index (χ3n) is 2.22. The molecule has 0 bridgehead atoms. The molecule has 0 heterocycles. The molecule has 4 heteroatoms. The number of nitrogens with one attached hydrogen (secondary N) is 1. The molecule has 0 saturated heterocycles. The van der Waals surface area contributed by atoms with E-state index in [-0.39, 0.29) is 11.0 Å². The maximum Gasteiger partial charge on any atom is 0.176 e. The number of benzene rings is 2. The van der Waals surface area contributed by atoms with Crippen LogP contribution >= 0.6 is 0 Å². The molecule has 1 radical (unpaired) electrons. The zero-order valence-corrected chi connectivity index (χ0v) is 9.56. The average Bonchev–Trinajstić information content (AvgIpc) is 2.32. The molecule has 0 aliphatic carbocycles. The van der Waals surface area contributed by atoms with Crippen molar-refractivity contribution in [3.63, 3.8) is 0 Å². The lowest BCUT2D eigenvalue weighted by molar-refractivity contribution is 0.823. The smallest absolute Gasteiger partial charge is 0.176 e. The van der Waals surface area contributed by atoms with Crippen LogP contribution in [0.3, 0.4) is 0 Å². The molecule has 0 aliphatic rings. The fourth-order valence-electron chi connectivity index (χ4n) is 1.43. The highest BCUT2D eigenvalue weighted by molar-refractivity contribution is 6.54. The Morgan fingerprint density at radius 3 is 1.88 bits per heavy atom. The fourth-order valence-corrected chi connectivity index (χ4v) is 1.43. The van der Waals surface area contributed by atoms with E-state index >= 15 is 0 Å². The molecule has 0 amide bonds. The highest BCUT2D eigenvalue weighted by Crippen LogP contribution is 2.03. The van der Waals surface area contributed by atoms with Crippen molar-refractivity contribution in [2.75, 3.05) is 11.8 Å². The first kappa shape index (κ1) is 15.2. The molecule has 5 N–H and O–H groups in total. The Hall–Kier alpha value is -1.78. The van der Waals surface area contributed by atoms with Crippen LogP contribution in [0.15, 0.2) is 60.7 Å². The monoisotopic (exact) mass is 230 g/mol. The van der Waals surface area contributed by atoms with E-state index in [1.54, 1.807) is 0 Å². The van der Waals surface area contributed by atoms with Crippen LogP contribution in [0.5, 0.6) is 0 Å². The van der Waals surface area contributed by atoms with Gasteiger partial charge in [-0.3, -0.25) is 0 Å². The Labute approximate surface area is 102 Å². The van der Waals surface area contributed by atoms with Crippen LogP contribution in [0.25, 0.3) is 0 Å². The van der Waals surface area contributed by atoms with Crippen molar-refractivity contribution in [3.8, 4) is 0 Å². The van der Waals surface area contributed by atoms with Gasteiger partial charge < -0.3 is 16.3 Å². The van der Waals surface area contributed by atoms with Gasteiger partial charge in [-0.2, -0.15) is 0 Å². The van der Waals surface area contributed by atoms with E-state index in [0.717, 1.165) is 12.1 Å². The van der Waals surface area contributed by atoms with Crippen molar-refractivity contribution < 1.29 is 11.0 Å².